The minimum atomic E-state index is -4.43. The predicted octanol–water partition coefficient (Wildman–Crippen LogP) is 4.31. The summed E-state index contributed by atoms with van der Waals surface area (Å²) in [4.78, 5) is 20.9. The summed E-state index contributed by atoms with van der Waals surface area (Å²) in [7, 11) is 0. The quantitative estimate of drug-likeness (QED) is 0.409. The SMILES string of the molecule is O=c1cc(CNc2cccc(C(F)(F)F)c2)nc2nc(NCc3ccc(Cl)cc3)[nH]n12. The topological polar surface area (TPSA) is 87.1 Å². The van der Waals surface area contributed by atoms with Gasteiger partial charge >= 0.3 is 6.18 Å². The summed E-state index contributed by atoms with van der Waals surface area (Å²) in [6.45, 7) is 0.517. The van der Waals surface area contributed by atoms with Crippen LogP contribution in [0.15, 0.2) is 59.4 Å². The van der Waals surface area contributed by atoms with Crippen LogP contribution < -0.4 is 16.2 Å². The molecular weight excluding hydrogens is 433 g/mol. The van der Waals surface area contributed by atoms with Crippen LogP contribution in [0.4, 0.5) is 24.8 Å². The van der Waals surface area contributed by atoms with Gasteiger partial charge in [-0.05, 0) is 35.9 Å². The number of nitrogens with zero attached hydrogens (tertiary/aromatic N) is 3. The fourth-order valence-electron chi connectivity index (χ4n) is 2.88. The molecule has 0 bridgehead atoms. The van der Waals surface area contributed by atoms with Crippen molar-refractivity contribution in [2.24, 2.45) is 0 Å². The van der Waals surface area contributed by atoms with E-state index in [0.29, 0.717) is 23.2 Å². The smallest absolute Gasteiger partial charge is 0.379 e. The van der Waals surface area contributed by atoms with Gasteiger partial charge in [0.05, 0.1) is 17.8 Å². The largest absolute Gasteiger partial charge is 0.416 e. The number of alkyl halides is 3. The second-order valence-corrected chi connectivity index (χ2v) is 7.14. The molecule has 2 heterocycles. The van der Waals surface area contributed by atoms with Gasteiger partial charge in [0.1, 0.15) is 0 Å². The molecule has 2 aromatic carbocycles. The molecule has 0 aliphatic carbocycles. The van der Waals surface area contributed by atoms with E-state index in [9.17, 15) is 18.0 Å². The molecule has 4 aromatic rings. The van der Waals surface area contributed by atoms with Gasteiger partial charge in [-0.3, -0.25) is 9.89 Å². The van der Waals surface area contributed by atoms with Gasteiger partial charge in [-0.25, -0.2) is 4.98 Å². The van der Waals surface area contributed by atoms with E-state index < -0.39 is 17.3 Å². The molecule has 2 aromatic heterocycles. The minimum absolute atomic E-state index is 0.0629. The molecule has 11 heteroatoms. The lowest BCUT2D eigenvalue weighted by Crippen LogP contribution is -2.17. The van der Waals surface area contributed by atoms with Crippen LogP contribution in [0.1, 0.15) is 16.8 Å². The molecule has 4 rings (SSSR count). The van der Waals surface area contributed by atoms with E-state index in [1.54, 1.807) is 12.1 Å². The van der Waals surface area contributed by atoms with Gasteiger partial charge < -0.3 is 10.6 Å². The van der Waals surface area contributed by atoms with E-state index in [2.05, 4.69) is 25.7 Å². The Kier molecular flexibility index (Phi) is 5.55. The first-order valence-corrected chi connectivity index (χ1v) is 9.54. The van der Waals surface area contributed by atoms with E-state index >= 15 is 0 Å². The van der Waals surface area contributed by atoms with Gasteiger partial charge in [0.15, 0.2) is 0 Å². The Morgan fingerprint density at radius 1 is 1.00 bits per heavy atom. The molecule has 0 aliphatic heterocycles. The van der Waals surface area contributed by atoms with Gasteiger partial charge in [-0.2, -0.15) is 22.7 Å². The van der Waals surface area contributed by atoms with E-state index in [1.165, 1.54) is 22.7 Å². The molecular formula is C20H16ClF3N6O. The van der Waals surface area contributed by atoms with Crippen molar-refractivity contribution in [3.8, 4) is 0 Å². The van der Waals surface area contributed by atoms with Crippen LogP contribution in [-0.4, -0.2) is 19.6 Å². The molecule has 0 amide bonds. The maximum absolute atomic E-state index is 12.8. The van der Waals surface area contributed by atoms with Crippen LogP contribution in [0.2, 0.25) is 5.02 Å². The van der Waals surface area contributed by atoms with Gasteiger partial charge in [-0.15, -0.1) is 0 Å². The Bertz CT molecular complexity index is 1270. The zero-order valence-corrected chi connectivity index (χ0v) is 16.6. The summed E-state index contributed by atoms with van der Waals surface area (Å²) >= 11 is 5.87. The lowest BCUT2D eigenvalue weighted by atomic mass is 10.2. The van der Waals surface area contributed by atoms with Gasteiger partial charge in [0.25, 0.3) is 11.3 Å². The average molecular weight is 449 g/mol. The van der Waals surface area contributed by atoms with Crippen molar-refractivity contribution in [1.29, 1.82) is 0 Å². The average Bonchev–Trinajstić information content (AvgIpc) is 3.15. The highest BCUT2D eigenvalue weighted by Crippen LogP contribution is 2.30. The lowest BCUT2D eigenvalue weighted by Gasteiger charge is -2.10. The number of fused-ring (bicyclic) bond motifs is 1. The number of aromatic nitrogens is 4. The first-order chi connectivity index (χ1) is 14.8. The van der Waals surface area contributed by atoms with Crippen molar-refractivity contribution in [2.45, 2.75) is 19.3 Å². The Morgan fingerprint density at radius 2 is 1.77 bits per heavy atom. The van der Waals surface area contributed by atoms with E-state index in [1.807, 2.05) is 12.1 Å². The summed E-state index contributed by atoms with van der Waals surface area (Å²) in [6.07, 6.45) is -4.43. The molecule has 0 saturated carbocycles. The van der Waals surface area contributed by atoms with Crippen LogP contribution in [0, 0.1) is 0 Å². The third-order valence-corrected chi connectivity index (χ3v) is 4.67. The summed E-state index contributed by atoms with van der Waals surface area (Å²) in [5, 5.41) is 9.36. The number of H-pyrrole nitrogens is 1. The molecule has 0 saturated heterocycles. The van der Waals surface area contributed by atoms with Crippen molar-refractivity contribution in [2.75, 3.05) is 10.6 Å². The summed E-state index contributed by atoms with van der Waals surface area (Å²) in [5.41, 5.74) is 0.432. The number of halogens is 4. The number of aromatic amines is 1. The molecule has 0 fully saturated rings. The maximum atomic E-state index is 12.8. The first kappa shape index (κ1) is 20.7. The van der Waals surface area contributed by atoms with Crippen molar-refractivity contribution in [1.82, 2.24) is 19.6 Å². The molecule has 3 N–H and O–H groups in total. The standard InChI is InChI=1S/C20H16ClF3N6O/c21-14-6-4-12(5-7-14)10-26-18-28-19-27-16(9-17(31)30(19)29-18)11-25-15-3-1-2-13(8-15)20(22,23)24/h1-9,25H,10-11H2,(H2,26,27,28,29). The Morgan fingerprint density at radius 3 is 2.52 bits per heavy atom. The number of hydrogen-bond acceptors (Lipinski definition) is 5. The monoisotopic (exact) mass is 448 g/mol. The van der Waals surface area contributed by atoms with Crippen molar-refractivity contribution in [3.05, 3.63) is 86.8 Å². The maximum Gasteiger partial charge on any atom is 0.416 e. The zero-order chi connectivity index (χ0) is 22.0. The molecule has 0 aliphatic rings. The first-order valence-electron chi connectivity index (χ1n) is 9.16. The summed E-state index contributed by atoms with van der Waals surface area (Å²) in [6, 6.07) is 13.4. The fraction of sp³-hybridized carbons (Fsp3) is 0.150. The van der Waals surface area contributed by atoms with Gasteiger partial charge in [0.2, 0.25) is 5.95 Å². The molecule has 0 atom stereocenters. The highest BCUT2D eigenvalue weighted by Gasteiger charge is 2.30. The zero-order valence-electron chi connectivity index (χ0n) is 15.9. The molecule has 0 radical (unpaired) electrons. The predicted molar refractivity (Wildman–Crippen MR) is 111 cm³/mol. The van der Waals surface area contributed by atoms with E-state index in [-0.39, 0.29) is 18.0 Å². The second-order valence-electron chi connectivity index (χ2n) is 6.71. The molecule has 7 nitrogen and oxygen atoms in total. The summed E-state index contributed by atoms with van der Waals surface area (Å²) in [5.74, 6) is 0.495. The third kappa shape index (κ3) is 4.97. The number of anilines is 2. The third-order valence-electron chi connectivity index (χ3n) is 4.42. The van der Waals surface area contributed by atoms with Crippen molar-refractivity contribution >= 4 is 29.0 Å². The van der Waals surface area contributed by atoms with E-state index in [4.69, 9.17) is 11.6 Å². The van der Waals surface area contributed by atoms with Crippen LogP contribution in [-0.2, 0) is 19.3 Å². The van der Waals surface area contributed by atoms with Crippen LogP contribution in [0.25, 0.3) is 5.78 Å². The Labute approximate surface area is 178 Å². The normalized spacial score (nSPS) is 11.6. The Hall–Kier alpha value is -3.53. The number of hydrogen-bond donors (Lipinski definition) is 3. The van der Waals surface area contributed by atoms with Crippen LogP contribution >= 0.6 is 11.6 Å². The van der Waals surface area contributed by atoms with Crippen LogP contribution in [0.5, 0.6) is 0 Å². The van der Waals surface area contributed by atoms with Gasteiger partial charge in [0, 0.05) is 23.3 Å². The minimum Gasteiger partial charge on any atom is -0.379 e. The number of benzene rings is 2. The summed E-state index contributed by atoms with van der Waals surface area (Å²) < 4.78 is 39.7. The molecule has 160 valence electrons. The number of nitrogens with one attached hydrogen (secondary N) is 3. The highest BCUT2D eigenvalue weighted by molar-refractivity contribution is 6.30. The van der Waals surface area contributed by atoms with Crippen molar-refractivity contribution in [3.63, 3.8) is 0 Å². The van der Waals surface area contributed by atoms with Crippen LogP contribution in [0.3, 0.4) is 0 Å². The molecule has 0 unspecified atom stereocenters. The molecule has 0 spiro atoms. The Balaban J connectivity index is 1.47. The van der Waals surface area contributed by atoms with Crippen molar-refractivity contribution < 1.29 is 13.2 Å². The second kappa shape index (κ2) is 8.31. The van der Waals surface area contributed by atoms with Gasteiger partial charge in [-0.1, -0.05) is 29.8 Å². The van der Waals surface area contributed by atoms with E-state index in [0.717, 1.165) is 17.7 Å². The number of rotatable bonds is 6. The fourth-order valence-corrected chi connectivity index (χ4v) is 3.01. The molecule has 31 heavy (non-hydrogen) atoms. The highest BCUT2D eigenvalue weighted by atomic mass is 35.5. The lowest BCUT2D eigenvalue weighted by molar-refractivity contribution is -0.137.